The quantitative estimate of drug-likeness (QED) is 0.785. The van der Waals surface area contributed by atoms with Crippen molar-refractivity contribution in [2.75, 3.05) is 5.32 Å². The zero-order valence-corrected chi connectivity index (χ0v) is 13.1. The van der Waals surface area contributed by atoms with E-state index in [0.717, 1.165) is 5.69 Å². The van der Waals surface area contributed by atoms with Gasteiger partial charge in [0, 0.05) is 17.4 Å². The number of anilines is 2. The van der Waals surface area contributed by atoms with Gasteiger partial charge in [0.05, 0.1) is 0 Å². The third kappa shape index (κ3) is 2.64. The summed E-state index contributed by atoms with van der Waals surface area (Å²) in [6.45, 7) is 7.85. The van der Waals surface area contributed by atoms with E-state index in [4.69, 9.17) is 0 Å². The lowest BCUT2D eigenvalue weighted by Gasteiger charge is -2.20. The number of nitrogens with zero attached hydrogens (tertiary/aromatic N) is 4. The lowest BCUT2D eigenvalue weighted by Crippen LogP contribution is -2.13. The molecule has 0 atom stereocenters. The van der Waals surface area contributed by atoms with E-state index in [9.17, 15) is 4.39 Å². The second-order valence-corrected chi connectivity index (χ2v) is 6.32. The van der Waals surface area contributed by atoms with Gasteiger partial charge in [-0.25, -0.2) is 9.37 Å². The minimum absolute atomic E-state index is 0.224. The van der Waals surface area contributed by atoms with Gasteiger partial charge < -0.3 is 5.32 Å². The van der Waals surface area contributed by atoms with Gasteiger partial charge in [-0.2, -0.15) is 14.6 Å². The molecule has 0 aliphatic heterocycles. The number of hydrogen-bond donors (Lipinski definition) is 1. The lowest BCUT2D eigenvalue weighted by atomic mass is 9.86. The molecule has 0 unspecified atom stereocenters. The van der Waals surface area contributed by atoms with Crippen LogP contribution in [0, 0.1) is 12.7 Å². The molecule has 3 aromatic rings. The van der Waals surface area contributed by atoms with Crippen LogP contribution in [0.1, 0.15) is 32.0 Å². The summed E-state index contributed by atoms with van der Waals surface area (Å²) in [7, 11) is 0. The highest BCUT2D eigenvalue weighted by atomic mass is 19.1. The smallest absolute Gasteiger partial charge is 0.254 e. The molecule has 0 saturated carbocycles. The SMILES string of the molecule is Cc1cc(Nc2ccc(C(C)(C)C)c(F)c2)n2ncnc2n1. The molecule has 2 aromatic heterocycles. The monoisotopic (exact) mass is 299 g/mol. The molecule has 0 spiro atoms. The van der Waals surface area contributed by atoms with Crippen LogP contribution in [0.25, 0.3) is 5.78 Å². The van der Waals surface area contributed by atoms with Crippen molar-refractivity contribution >= 4 is 17.3 Å². The van der Waals surface area contributed by atoms with Crippen LogP contribution in [-0.2, 0) is 5.41 Å². The minimum atomic E-state index is -0.227. The van der Waals surface area contributed by atoms with Gasteiger partial charge in [-0.1, -0.05) is 26.8 Å². The highest BCUT2D eigenvalue weighted by Crippen LogP contribution is 2.28. The first-order chi connectivity index (χ1) is 10.3. The predicted molar refractivity (Wildman–Crippen MR) is 83.9 cm³/mol. The Hall–Kier alpha value is -2.50. The minimum Gasteiger partial charge on any atom is -0.340 e. The van der Waals surface area contributed by atoms with Gasteiger partial charge in [0.25, 0.3) is 5.78 Å². The molecule has 0 aliphatic rings. The van der Waals surface area contributed by atoms with E-state index in [1.165, 1.54) is 12.4 Å². The van der Waals surface area contributed by atoms with Crippen LogP contribution < -0.4 is 5.32 Å². The number of hydrogen-bond acceptors (Lipinski definition) is 4. The summed E-state index contributed by atoms with van der Waals surface area (Å²) in [6.07, 6.45) is 1.44. The van der Waals surface area contributed by atoms with E-state index >= 15 is 0 Å². The van der Waals surface area contributed by atoms with Crippen LogP contribution in [0.4, 0.5) is 15.9 Å². The molecule has 0 amide bonds. The molecule has 3 rings (SSSR count). The molecule has 5 nitrogen and oxygen atoms in total. The fourth-order valence-electron chi connectivity index (χ4n) is 2.37. The van der Waals surface area contributed by atoms with E-state index < -0.39 is 0 Å². The van der Waals surface area contributed by atoms with Crippen LogP contribution in [-0.4, -0.2) is 19.6 Å². The Balaban J connectivity index is 1.99. The van der Waals surface area contributed by atoms with Gasteiger partial charge >= 0.3 is 0 Å². The molecule has 114 valence electrons. The van der Waals surface area contributed by atoms with Gasteiger partial charge in [0.1, 0.15) is 18.0 Å². The molecule has 1 aromatic carbocycles. The third-order valence-corrected chi connectivity index (χ3v) is 3.43. The van der Waals surface area contributed by atoms with E-state index in [1.54, 1.807) is 4.52 Å². The largest absolute Gasteiger partial charge is 0.340 e. The van der Waals surface area contributed by atoms with Gasteiger partial charge in [0.15, 0.2) is 0 Å². The van der Waals surface area contributed by atoms with Gasteiger partial charge in [-0.3, -0.25) is 0 Å². The molecular formula is C16H18FN5. The second kappa shape index (κ2) is 5.05. The number of aryl methyl sites for hydroxylation is 1. The van der Waals surface area contributed by atoms with Crippen molar-refractivity contribution in [3.8, 4) is 0 Å². The molecule has 22 heavy (non-hydrogen) atoms. The number of benzene rings is 1. The van der Waals surface area contributed by atoms with Gasteiger partial charge in [-0.05, 0) is 30.0 Å². The van der Waals surface area contributed by atoms with E-state index in [1.807, 2.05) is 45.9 Å². The average molecular weight is 299 g/mol. The number of aromatic nitrogens is 4. The molecule has 2 heterocycles. The number of rotatable bonds is 2. The predicted octanol–water partition coefficient (Wildman–Crippen LogP) is 3.61. The molecule has 6 heteroatoms. The van der Waals surface area contributed by atoms with Crippen molar-refractivity contribution in [1.82, 2.24) is 19.6 Å². The van der Waals surface area contributed by atoms with Crippen molar-refractivity contribution in [3.63, 3.8) is 0 Å². The van der Waals surface area contributed by atoms with Crippen molar-refractivity contribution in [2.24, 2.45) is 0 Å². The van der Waals surface area contributed by atoms with Crippen molar-refractivity contribution in [3.05, 3.63) is 47.7 Å². The fourth-order valence-corrected chi connectivity index (χ4v) is 2.37. The van der Waals surface area contributed by atoms with Crippen LogP contribution in [0.5, 0.6) is 0 Å². The second-order valence-electron chi connectivity index (χ2n) is 6.32. The van der Waals surface area contributed by atoms with Crippen LogP contribution in [0.15, 0.2) is 30.6 Å². The zero-order chi connectivity index (χ0) is 15.9. The standard InChI is InChI=1S/C16H18FN5/c1-10-7-14(22-15(20-10)18-9-19-22)21-11-5-6-12(13(17)8-11)16(2,3)4/h5-9,21H,1-4H3. The van der Waals surface area contributed by atoms with Crippen molar-refractivity contribution < 1.29 is 4.39 Å². The first-order valence-corrected chi connectivity index (χ1v) is 7.09. The maximum Gasteiger partial charge on any atom is 0.254 e. The normalized spacial score (nSPS) is 11.9. The maximum absolute atomic E-state index is 14.3. The zero-order valence-electron chi connectivity index (χ0n) is 13.1. The average Bonchev–Trinajstić information content (AvgIpc) is 2.85. The Morgan fingerprint density at radius 1 is 1.18 bits per heavy atom. The molecule has 0 saturated heterocycles. The third-order valence-electron chi connectivity index (χ3n) is 3.43. The summed E-state index contributed by atoms with van der Waals surface area (Å²) < 4.78 is 15.9. The molecule has 1 N–H and O–H groups in total. The summed E-state index contributed by atoms with van der Waals surface area (Å²) in [5, 5.41) is 7.30. The van der Waals surface area contributed by atoms with Crippen LogP contribution >= 0.6 is 0 Å². The molecular weight excluding hydrogens is 281 g/mol. The topological polar surface area (TPSA) is 55.1 Å². The Morgan fingerprint density at radius 3 is 2.64 bits per heavy atom. The highest BCUT2D eigenvalue weighted by Gasteiger charge is 2.18. The first kappa shape index (κ1) is 14.4. The van der Waals surface area contributed by atoms with E-state index in [0.29, 0.717) is 22.8 Å². The number of nitrogens with one attached hydrogen (secondary N) is 1. The summed E-state index contributed by atoms with van der Waals surface area (Å²) in [5.74, 6) is 0.982. The van der Waals surface area contributed by atoms with Gasteiger partial charge in [-0.15, -0.1) is 0 Å². The fraction of sp³-hybridized carbons (Fsp3) is 0.312. The Kier molecular flexibility index (Phi) is 3.31. The van der Waals surface area contributed by atoms with Gasteiger partial charge in [0.2, 0.25) is 0 Å². The molecule has 0 aliphatic carbocycles. The Morgan fingerprint density at radius 2 is 1.95 bits per heavy atom. The summed E-state index contributed by atoms with van der Waals surface area (Å²) in [5.41, 5.74) is 1.94. The van der Waals surface area contributed by atoms with Crippen LogP contribution in [0.2, 0.25) is 0 Å². The van der Waals surface area contributed by atoms with Crippen molar-refractivity contribution in [2.45, 2.75) is 33.1 Å². The number of fused-ring (bicyclic) bond motifs is 1. The van der Waals surface area contributed by atoms with E-state index in [-0.39, 0.29) is 11.2 Å². The lowest BCUT2D eigenvalue weighted by molar-refractivity contribution is 0.523. The number of halogens is 1. The summed E-state index contributed by atoms with van der Waals surface area (Å²) in [4.78, 5) is 8.35. The Bertz CT molecular complexity index is 832. The maximum atomic E-state index is 14.3. The van der Waals surface area contributed by atoms with E-state index in [2.05, 4.69) is 20.4 Å². The van der Waals surface area contributed by atoms with Crippen LogP contribution in [0.3, 0.4) is 0 Å². The summed E-state index contributed by atoms with van der Waals surface area (Å²) in [6, 6.07) is 7.02. The highest BCUT2D eigenvalue weighted by molar-refractivity contribution is 5.59. The summed E-state index contributed by atoms with van der Waals surface area (Å²) >= 11 is 0. The molecule has 0 fully saturated rings. The van der Waals surface area contributed by atoms with Crippen molar-refractivity contribution in [1.29, 1.82) is 0 Å². The first-order valence-electron chi connectivity index (χ1n) is 7.09. The molecule has 0 radical (unpaired) electrons. The Labute approximate surface area is 128 Å². The molecule has 0 bridgehead atoms.